The van der Waals surface area contributed by atoms with Crippen molar-refractivity contribution in [3.8, 4) is 0 Å². The molecule has 0 fully saturated rings. The molecule has 0 aromatic heterocycles. The van der Waals surface area contributed by atoms with Crippen LogP contribution < -0.4 is 10.6 Å². The van der Waals surface area contributed by atoms with Crippen LogP contribution in [0.15, 0.2) is 30.3 Å². The van der Waals surface area contributed by atoms with Gasteiger partial charge < -0.3 is 10.6 Å². The van der Waals surface area contributed by atoms with Crippen LogP contribution in [0.25, 0.3) is 0 Å². The molecule has 1 aromatic rings. The molecule has 112 valence electrons. The molecule has 1 aromatic carbocycles. The second kappa shape index (κ2) is 9.54. The molecular weight excluding hydrogens is 248 g/mol. The summed E-state index contributed by atoms with van der Waals surface area (Å²) in [7, 11) is 0. The van der Waals surface area contributed by atoms with Crippen LogP contribution in [0, 0.1) is 5.92 Å². The van der Waals surface area contributed by atoms with Gasteiger partial charge in [0.05, 0.1) is 6.54 Å². The van der Waals surface area contributed by atoms with Gasteiger partial charge in [0.1, 0.15) is 0 Å². The monoisotopic (exact) mass is 276 g/mol. The van der Waals surface area contributed by atoms with Gasteiger partial charge in [0.2, 0.25) is 5.91 Å². The van der Waals surface area contributed by atoms with Crippen LogP contribution in [0.3, 0.4) is 0 Å². The van der Waals surface area contributed by atoms with E-state index in [1.807, 2.05) is 30.3 Å². The molecule has 0 aliphatic carbocycles. The number of benzene rings is 1. The van der Waals surface area contributed by atoms with E-state index in [0.29, 0.717) is 19.1 Å². The van der Waals surface area contributed by atoms with Crippen molar-refractivity contribution in [2.45, 2.75) is 52.6 Å². The van der Waals surface area contributed by atoms with E-state index < -0.39 is 0 Å². The van der Waals surface area contributed by atoms with Crippen LogP contribution >= 0.6 is 0 Å². The molecule has 1 atom stereocenters. The summed E-state index contributed by atoms with van der Waals surface area (Å²) in [6.45, 7) is 7.63. The van der Waals surface area contributed by atoms with E-state index in [-0.39, 0.29) is 5.91 Å². The Labute approximate surface area is 123 Å². The van der Waals surface area contributed by atoms with Crippen LogP contribution in [0.2, 0.25) is 0 Å². The Kier molecular flexibility index (Phi) is 7.97. The largest absolute Gasteiger partial charge is 0.351 e. The van der Waals surface area contributed by atoms with Crippen molar-refractivity contribution in [3.63, 3.8) is 0 Å². The molecule has 2 N–H and O–H groups in total. The highest BCUT2D eigenvalue weighted by Crippen LogP contribution is 2.07. The van der Waals surface area contributed by atoms with Crippen LogP contribution in [0.1, 0.15) is 45.6 Å². The van der Waals surface area contributed by atoms with Crippen molar-refractivity contribution < 1.29 is 4.79 Å². The SMILES string of the molecule is CC(C)CCCC(C)NCC(=O)NCc1ccccc1. The second-order valence-electron chi connectivity index (χ2n) is 5.87. The number of carbonyl (C=O) groups is 1. The lowest BCUT2D eigenvalue weighted by atomic mass is 10.0. The number of nitrogens with one attached hydrogen (secondary N) is 2. The van der Waals surface area contributed by atoms with E-state index in [2.05, 4.69) is 31.4 Å². The highest BCUT2D eigenvalue weighted by molar-refractivity contribution is 5.77. The summed E-state index contributed by atoms with van der Waals surface area (Å²) in [6.07, 6.45) is 3.60. The highest BCUT2D eigenvalue weighted by Gasteiger charge is 2.06. The molecule has 3 nitrogen and oxygen atoms in total. The van der Waals surface area contributed by atoms with Gasteiger partial charge in [0.25, 0.3) is 0 Å². The van der Waals surface area contributed by atoms with Crippen LogP contribution in [-0.4, -0.2) is 18.5 Å². The topological polar surface area (TPSA) is 41.1 Å². The van der Waals surface area contributed by atoms with E-state index in [1.165, 1.54) is 12.8 Å². The number of rotatable bonds is 9. The summed E-state index contributed by atoms with van der Waals surface area (Å²) in [5, 5.41) is 6.21. The Balaban J connectivity index is 2.10. The van der Waals surface area contributed by atoms with Gasteiger partial charge in [-0.3, -0.25) is 4.79 Å². The van der Waals surface area contributed by atoms with Crippen molar-refractivity contribution in [1.29, 1.82) is 0 Å². The third-order valence-corrected chi connectivity index (χ3v) is 3.36. The Morgan fingerprint density at radius 1 is 1.10 bits per heavy atom. The first-order valence-corrected chi connectivity index (χ1v) is 7.62. The summed E-state index contributed by atoms with van der Waals surface area (Å²) in [4.78, 5) is 11.7. The van der Waals surface area contributed by atoms with Gasteiger partial charge in [-0.2, -0.15) is 0 Å². The number of amides is 1. The molecule has 0 spiro atoms. The lowest BCUT2D eigenvalue weighted by Crippen LogP contribution is -2.37. The first kappa shape index (κ1) is 16.7. The zero-order chi connectivity index (χ0) is 14.8. The first-order valence-electron chi connectivity index (χ1n) is 7.62. The quantitative estimate of drug-likeness (QED) is 0.727. The van der Waals surface area contributed by atoms with Gasteiger partial charge in [-0.15, -0.1) is 0 Å². The minimum absolute atomic E-state index is 0.0598. The lowest BCUT2D eigenvalue weighted by molar-refractivity contribution is -0.120. The van der Waals surface area contributed by atoms with Crippen molar-refractivity contribution in [1.82, 2.24) is 10.6 Å². The van der Waals surface area contributed by atoms with E-state index in [9.17, 15) is 4.79 Å². The molecule has 3 heteroatoms. The molecule has 0 bridgehead atoms. The van der Waals surface area contributed by atoms with Crippen LogP contribution in [0.5, 0.6) is 0 Å². The molecule has 0 saturated carbocycles. The van der Waals surface area contributed by atoms with Crippen molar-refractivity contribution in [2.75, 3.05) is 6.54 Å². The predicted molar refractivity (Wildman–Crippen MR) is 84.4 cm³/mol. The van der Waals surface area contributed by atoms with Gasteiger partial charge in [-0.05, 0) is 24.8 Å². The third kappa shape index (κ3) is 7.95. The maximum absolute atomic E-state index is 11.7. The standard InChI is InChI=1S/C17H28N2O/c1-14(2)8-7-9-15(3)18-13-17(20)19-12-16-10-5-4-6-11-16/h4-6,10-11,14-15,18H,7-9,12-13H2,1-3H3,(H,19,20). The zero-order valence-corrected chi connectivity index (χ0v) is 13.0. The number of hydrogen-bond acceptors (Lipinski definition) is 2. The fraction of sp³-hybridized carbons (Fsp3) is 0.588. The fourth-order valence-electron chi connectivity index (χ4n) is 2.06. The number of hydrogen-bond donors (Lipinski definition) is 2. The summed E-state index contributed by atoms with van der Waals surface area (Å²) in [5.41, 5.74) is 1.13. The molecule has 20 heavy (non-hydrogen) atoms. The Hall–Kier alpha value is -1.35. The van der Waals surface area contributed by atoms with E-state index in [4.69, 9.17) is 0 Å². The molecule has 0 aliphatic rings. The summed E-state index contributed by atoms with van der Waals surface area (Å²) in [6, 6.07) is 10.4. The summed E-state index contributed by atoms with van der Waals surface area (Å²) >= 11 is 0. The number of carbonyl (C=O) groups excluding carboxylic acids is 1. The molecule has 1 unspecified atom stereocenters. The van der Waals surface area contributed by atoms with E-state index >= 15 is 0 Å². The normalized spacial score (nSPS) is 12.4. The summed E-state index contributed by atoms with van der Waals surface area (Å²) in [5.74, 6) is 0.820. The second-order valence-corrected chi connectivity index (χ2v) is 5.87. The lowest BCUT2D eigenvalue weighted by Gasteiger charge is -2.14. The van der Waals surface area contributed by atoms with Gasteiger partial charge in [-0.25, -0.2) is 0 Å². The fourth-order valence-corrected chi connectivity index (χ4v) is 2.06. The van der Waals surface area contributed by atoms with Crippen molar-refractivity contribution in [2.24, 2.45) is 5.92 Å². The Morgan fingerprint density at radius 2 is 1.80 bits per heavy atom. The van der Waals surface area contributed by atoms with Gasteiger partial charge >= 0.3 is 0 Å². The molecule has 0 saturated heterocycles. The molecule has 0 aliphatic heterocycles. The molecule has 1 rings (SSSR count). The minimum Gasteiger partial charge on any atom is -0.351 e. The first-order chi connectivity index (χ1) is 9.58. The zero-order valence-electron chi connectivity index (χ0n) is 13.0. The van der Waals surface area contributed by atoms with E-state index in [0.717, 1.165) is 17.9 Å². The molecule has 0 radical (unpaired) electrons. The van der Waals surface area contributed by atoms with Crippen molar-refractivity contribution >= 4 is 5.91 Å². The predicted octanol–water partition coefficient (Wildman–Crippen LogP) is 3.11. The van der Waals surface area contributed by atoms with Gasteiger partial charge in [0.15, 0.2) is 0 Å². The third-order valence-electron chi connectivity index (χ3n) is 3.36. The smallest absolute Gasteiger partial charge is 0.234 e. The molecule has 0 heterocycles. The highest BCUT2D eigenvalue weighted by atomic mass is 16.1. The van der Waals surface area contributed by atoms with Crippen LogP contribution in [0.4, 0.5) is 0 Å². The average Bonchev–Trinajstić information content (AvgIpc) is 2.43. The Morgan fingerprint density at radius 3 is 2.45 bits per heavy atom. The molecular formula is C17H28N2O. The molecule has 1 amide bonds. The summed E-state index contributed by atoms with van der Waals surface area (Å²) < 4.78 is 0. The Bertz CT molecular complexity index is 376. The average molecular weight is 276 g/mol. The maximum atomic E-state index is 11.7. The minimum atomic E-state index is 0.0598. The van der Waals surface area contributed by atoms with E-state index in [1.54, 1.807) is 0 Å². The van der Waals surface area contributed by atoms with Crippen molar-refractivity contribution in [3.05, 3.63) is 35.9 Å². The van der Waals surface area contributed by atoms with Gasteiger partial charge in [-0.1, -0.05) is 57.0 Å². The maximum Gasteiger partial charge on any atom is 0.234 e. The van der Waals surface area contributed by atoms with Crippen LogP contribution in [-0.2, 0) is 11.3 Å². The van der Waals surface area contributed by atoms with Gasteiger partial charge in [0, 0.05) is 12.6 Å².